The van der Waals surface area contributed by atoms with Crippen molar-refractivity contribution in [3.8, 4) is 5.75 Å². The third-order valence-corrected chi connectivity index (χ3v) is 2.17. The molecule has 0 aliphatic rings. The Hall–Kier alpha value is -1.51. The molecule has 2 rings (SSSR count). The van der Waals surface area contributed by atoms with Crippen molar-refractivity contribution < 1.29 is 4.74 Å². The summed E-state index contributed by atoms with van der Waals surface area (Å²) in [5, 5.41) is 0. The molecule has 1 aromatic carbocycles. The third kappa shape index (κ3) is 2.29. The van der Waals surface area contributed by atoms with Gasteiger partial charge >= 0.3 is 0 Å². The molecule has 0 aliphatic carbocycles. The molecular weight excluding hydrogens is 188 g/mol. The van der Waals surface area contributed by atoms with Gasteiger partial charge < -0.3 is 9.30 Å². The van der Waals surface area contributed by atoms with Crippen LogP contribution in [0.1, 0.15) is 20.8 Å². The third-order valence-electron chi connectivity index (χ3n) is 2.17. The highest BCUT2D eigenvalue weighted by molar-refractivity contribution is 5.76. The number of methoxy groups -OCH3 is 1. The quantitative estimate of drug-likeness (QED) is 0.755. The summed E-state index contributed by atoms with van der Waals surface area (Å²) >= 11 is 0. The fourth-order valence-corrected chi connectivity index (χ4v) is 1.42. The summed E-state index contributed by atoms with van der Waals surface area (Å²) in [6, 6.07) is 5.90. The first-order chi connectivity index (χ1) is 7.35. The zero-order valence-corrected chi connectivity index (χ0v) is 9.82. The number of fused-ring (bicyclic) bond motifs is 1. The van der Waals surface area contributed by atoms with Gasteiger partial charge in [0, 0.05) is 12.6 Å². The van der Waals surface area contributed by atoms with Crippen molar-refractivity contribution in [3.05, 3.63) is 24.5 Å². The standard InChI is InChI=1S/C10H12N2O.C2H6/c1-3-12-7-11-9-5-4-8(13-2)6-10(9)12;1-2/h4-7H,3H2,1-2H3;1-2H3. The smallest absolute Gasteiger partial charge is 0.121 e. The largest absolute Gasteiger partial charge is 0.497 e. The molecule has 3 heteroatoms. The molecular formula is C12H18N2O. The number of nitrogens with zero attached hydrogens (tertiary/aromatic N) is 2. The van der Waals surface area contributed by atoms with Crippen LogP contribution in [-0.4, -0.2) is 16.7 Å². The molecule has 1 aromatic heterocycles. The zero-order chi connectivity index (χ0) is 11.3. The van der Waals surface area contributed by atoms with Gasteiger partial charge in [0.05, 0.1) is 24.5 Å². The van der Waals surface area contributed by atoms with E-state index in [1.165, 1.54) is 0 Å². The highest BCUT2D eigenvalue weighted by Gasteiger charge is 2.01. The van der Waals surface area contributed by atoms with Crippen molar-refractivity contribution in [2.75, 3.05) is 7.11 Å². The first-order valence-electron chi connectivity index (χ1n) is 5.34. The van der Waals surface area contributed by atoms with Crippen LogP contribution in [0.4, 0.5) is 0 Å². The number of aryl methyl sites for hydroxylation is 1. The number of hydrogen-bond donors (Lipinski definition) is 0. The molecule has 0 fully saturated rings. The number of rotatable bonds is 2. The van der Waals surface area contributed by atoms with E-state index in [1.807, 2.05) is 38.4 Å². The normalized spacial score (nSPS) is 9.60. The van der Waals surface area contributed by atoms with E-state index in [-0.39, 0.29) is 0 Å². The Labute approximate surface area is 90.7 Å². The van der Waals surface area contributed by atoms with Gasteiger partial charge in [-0.15, -0.1) is 0 Å². The average Bonchev–Trinajstić information content (AvgIpc) is 2.73. The maximum Gasteiger partial charge on any atom is 0.121 e. The highest BCUT2D eigenvalue weighted by atomic mass is 16.5. The summed E-state index contributed by atoms with van der Waals surface area (Å²) in [5.41, 5.74) is 2.14. The number of imidazole rings is 1. The molecule has 1 heterocycles. The molecule has 0 bridgehead atoms. The first-order valence-corrected chi connectivity index (χ1v) is 5.34. The van der Waals surface area contributed by atoms with Gasteiger partial charge in [0.15, 0.2) is 0 Å². The minimum Gasteiger partial charge on any atom is -0.497 e. The lowest BCUT2D eigenvalue weighted by molar-refractivity contribution is 0.415. The Morgan fingerprint density at radius 3 is 2.67 bits per heavy atom. The van der Waals surface area contributed by atoms with Crippen molar-refractivity contribution in [1.29, 1.82) is 0 Å². The number of ether oxygens (including phenoxy) is 1. The minimum absolute atomic E-state index is 0.878. The molecule has 0 atom stereocenters. The van der Waals surface area contributed by atoms with E-state index in [0.717, 1.165) is 23.3 Å². The Balaban J connectivity index is 0.000000531. The molecule has 0 spiro atoms. The second-order valence-electron chi connectivity index (χ2n) is 2.89. The molecule has 0 aliphatic heterocycles. The minimum atomic E-state index is 0.878. The lowest BCUT2D eigenvalue weighted by Gasteiger charge is -2.01. The number of aromatic nitrogens is 2. The lowest BCUT2D eigenvalue weighted by Crippen LogP contribution is -1.91. The van der Waals surface area contributed by atoms with Gasteiger partial charge in [0.2, 0.25) is 0 Å². The zero-order valence-electron chi connectivity index (χ0n) is 9.82. The fourth-order valence-electron chi connectivity index (χ4n) is 1.42. The maximum atomic E-state index is 5.15. The SMILES string of the molecule is CC.CCn1cnc2ccc(OC)cc21. The summed E-state index contributed by atoms with van der Waals surface area (Å²) in [7, 11) is 1.67. The molecule has 2 aromatic rings. The van der Waals surface area contributed by atoms with Gasteiger partial charge in [-0.3, -0.25) is 0 Å². The summed E-state index contributed by atoms with van der Waals surface area (Å²) in [6.45, 7) is 7.03. The van der Waals surface area contributed by atoms with Crippen molar-refractivity contribution in [1.82, 2.24) is 9.55 Å². The molecule has 0 saturated heterocycles. The topological polar surface area (TPSA) is 27.1 Å². The van der Waals surface area contributed by atoms with E-state index >= 15 is 0 Å². The summed E-state index contributed by atoms with van der Waals surface area (Å²) in [5.74, 6) is 0.878. The van der Waals surface area contributed by atoms with E-state index in [0.29, 0.717) is 0 Å². The van der Waals surface area contributed by atoms with Crippen LogP contribution < -0.4 is 4.74 Å². The van der Waals surface area contributed by atoms with Crippen LogP contribution in [0.25, 0.3) is 11.0 Å². The van der Waals surface area contributed by atoms with Gasteiger partial charge in [-0.1, -0.05) is 13.8 Å². The van der Waals surface area contributed by atoms with Crippen LogP contribution in [-0.2, 0) is 6.54 Å². The Morgan fingerprint density at radius 2 is 2.07 bits per heavy atom. The van der Waals surface area contributed by atoms with E-state index in [4.69, 9.17) is 4.74 Å². The maximum absolute atomic E-state index is 5.15. The second kappa shape index (κ2) is 5.39. The Morgan fingerprint density at radius 1 is 1.33 bits per heavy atom. The average molecular weight is 206 g/mol. The summed E-state index contributed by atoms with van der Waals surface area (Å²) in [6.07, 6.45) is 1.85. The summed E-state index contributed by atoms with van der Waals surface area (Å²) in [4.78, 5) is 4.27. The molecule has 15 heavy (non-hydrogen) atoms. The van der Waals surface area contributed by atoms with Crippen LogP contribution in [0.3, 0.4) is 0 Å². The van der Waals surface area contributed by atoms with Gasteiger partial charge in [0.25, 0.3) is 0 Å². The van der Waals surface area contributed by atoms with Gasteiger partial charge in [-0.2, -0.15) is 0 Å². The first kappa shape index (κ1) is 11.6. The van der Waals surface area contributed by atoms with E-state index in [2.05, 4.69) is 16.5 Å². The highest BCUT2D eigenvalue weighted by Crippen LogP contribution is 2.19. The molecule has 3 nitrogen and oxygen atoms in total. The number of benzene rings is 1. The number of hydrogen-bond acceptors (Lipinski definition) is 2. The van der Waals surface area contributed by atoms with Crippen molar-refractivity contribution in [3.63, 3.8) is 0 Å². The Bertz CT molecular complexity index is 420. The van der Waals surface area contributed by atoms with Gasteiger partial charge in [0.1, 0.15) is 5.75 Å². The van der Waals surface area contributed by atoms with Crippen LogP contribution in [0.2, 0.25) is 0 Å². The second-order valence-corrected chi connectivity index (χ2v) is 2.89. The predicted molar refractivity (Wildman–Crippen MR) is 63.3 cm³/mol. The molecule has 0 amide bonds. The molecule has 82 valence electrons. The van der Waals surface area contributed by atoms with Gasteiger partial charge in [-0.25, -0.2) is 4.98 Å². The van der Waals surface area contributed by atoms with Crippen molar-refractivity contribution >= 4 is 11.0 Å². The van der Waals surface area contributed by atoms with Crippen LogP contribution >= 0.6 is 0 Å². The molecule has 0 N–H and O–H groups in total. The van der Waals surface area contributed by atoms with Crippen molar-refractivity contribution in [2.24, 2.45) is 0 Å². The van der Waals surface area contributed by atoms with Gasteiger partial charge in [-0.05, 0) is 19.1 Å². The monoisotopic (exact) mass is 206 g/mol. The predicted octanol–water partition coefficient (Wildman–Crippen LogP) is 3.09. The van der Waals surface area contributed by atoms with E-state index < -0.39 is 0 Å². The van der Waals surface area contributed by atoms with Crippen molar-refractivity contribution in [2.45, 2.75) is 27.3 Å². The van der Waals surface area contributed by atoms with E-state index in [9.17, 15) is 0 Å². The summed E-state index contributed by atoms with van der Waals surface area (Å²) < 4.78 is 7.25. The van der Waals surface area contributed by atoms with Crippen LogP contribution in [0, 0.1) is 0 Å². The molecule has 0 unspecified atom stereocenters. The lowest BCUT2D eigenvalue weighted by atomic mass is 10.3. The fraction of sp³-hybridized carbons (Fsp3) is 0.417. The van der Waals surface area contributed by atoms with Crippen LogP contribution in [0.15, 0.2) is 24.5 Å². The molecule has 0 radical (unpaired) electrons. The van der Waals surface area contributed by atoms with Crippen LogP contribution in [0.5, 0.6) is 5.75 Å². The molecule has 0 saturated carbocycles. The Kier molecular flexibility index (Phi) is 4.16. The van der Waals surface area contributed by atoms with E-state index in [1.54, 1.807) is 7.11 Å².